The number of nitrogens with zero attached hydrogens (tertiary/aromatic N) is 3. The van der Waals surface area contributed by atoms with Crippen LogP contribution in [0.4, 0.5) is 0 Å². The van der Waals surface area contributed by atoms with E-state index >= 15 is 0 Å². The monoisotopic (exact) mass is 252 g/mol. The summed E-state index contributed by atoms with van der Waals surface area (Å²) in [7, 11) is 0. The fourth-order valence-electron chi connectivity index (χ4n) is 1.89. The molecule has 1 heterocycles. The van der Waals surface area contributed by atoms with Crippen molar-refractivity contribution in [2.75, 3.05) is 26.2 Å². The van der Waals surface area contributed by atoms with Crippen LogP contribution < -0.4 is 5.32 Å². The third kappa shape index (κ3) is 4.49. The second kappa shape index (κ2) is 7.87. The van der Waals surface area contributed by atoms with Gasteiger partial charge in [-0.1, -0.05) is 0 Å². The lowest BCUT2D eigenvalue weighted by Crippen LogP contribution is -2.33. The normalized spacial score (nSPS) is 10.6. The maximum absolute atomic E-state index is 11.7. The Hall–Kier alpha value is -1.36. The van der Waals surface area contributed by atoms with Crippen LogP contribution in [-0.4, -0.2) is 46.5 Å². The van der Waals surface area contributed by atoms with Gasteiger partial charge in [0.1, 0.15) is 5.82 Å². The topological polar surface area (TPSA) is 50.2 Å². The first-order chi connectivity index (χ1) is 8.69. The zero-order chi connectivity index (χ0) is 13.4. The molecule has 1 aromatic rings. The molecule has 1 rings (SSSR count). The molecule has 0 saturated heterocycles. The summed E-state index contributed by atoms with van der Waals surface area (Å²) in [6.45, 7) is 10.1. The lowest BCUT2D eigenvalue weighted by molar-refractivity contribution is -0.130. The van der Waals surface area contributed by atoms with E-state index in [1.54, 1.807) is 6.20 Å². The van der Waals surface area contributed by atoms with Crippen molar-refractivity contribution >= 4 is 5.91 Å². The number of amides is 1. The number of aromatic nitrogens is 2. The Balaban J connectivity index is 2.12. The van der Waals surface area contributed by atoms with Gasteiger partial charge in [0.05, 0.1) is 0 Å². The summed E-state index contributed by atoms with van der Waals surface area (Å²) in [5.74, 6) is 1.25. The molecule has 5 heteroatoms. The fourth-order valence-corrected chi connectivity index (χ4v) is 1.89. The predicted octanol–water partition coefficient (Wildman–Crippen LogP) is 1.04. The highest BCUT2D eigenvalue weighted by Crippen LogP contribution is 1.94. The molecule has 18 heavy (non-hydrogen) atoms. The van der Waals surface area contributed by atoms with Gasteiger partial charge in [-0.3, -0.25) is 4.79 Å². The summed E-state index contributed by atoms with van der Waals surface area (Å²) in [6.07, 6.45) is 4.35. The van der Waals surface area contributed by atoms with Crippen molar-refractivity contribution in [1.29, 1.82) is 0 Å². The first kappa shape index (κ1) is 14.7. The molecule has 0 aromatic carbocycles. The van der Waals surface area contributed by atoms with Gasteiger partial charge in [0, 0.05) is 51.5 Å². The standard InChI is InChI=1S/C13H24N4O/c1-4-16(5-2)13(18)6-7-14-8-10-17-11-9-15-12(17)3/h9,11,14H,4-8,10H2,1-3H3. The van der Waals surface area contributed by atoms with E-state index in [4.69, 9.17) is 0 Å². The van der Waals surface area contributed by atoms with Crippen molar-refractivity contribution in [2.45, 2.75) is 33.7 Å². The van der Waals surface area contributed by atoms with E-state index in [1.165, 1.54) is 0 Å². The first-order valence-electron chi connectivity index (χ1n) is 6.65. The van der Waals surface area contributed by atoms with Crippen molar-refractivity contribution in [2.24, 2.45) is 0 Å². The van der Waals surface area contributed by atoms with Crippen LogP contribution in [-0.2, 0) is 11.3 Å². The summed E-state index contributed by atoms with van der Waals surface area (Å²) in [6, 6.07) is 0. The van der Waals surface area contributed by atoms with Gasteiger partial charge < -0.3 is 14.8 Å². The minimum absolute atomic E-state index is 0.228. The minimum atomic E-state index is 0.228. The number of hydrogen-bond acceptors (Lipinski definition) is 3. The van der Waals surface area contributed by atoms with Crippen LogP contribution in [0.2, 0.25) is 0 Å². The van der Waals surface area contributed by atoms with E-state index in [0.717, 1.165) is 38.5 Å². The smallest absolute Gasteiger partial charge is 0.223 e. The number of rotatable bonds is 8. The Morgan fingerprint density at radius 1 is 1.39 bits per heavy atom. The zero-order valence-electron chi connectivity index (χ0n) is 11.6. The average molecular weight is 252 g/mol. The molecule has 0 aliphatic rings. The molecule has 0 atom stereocenters. The molecule has 102 valence electrons. The van der Waals surface area contributed by atoms with Crippen LogP contribution in [0.3, 0.4) is 0 Å². The van der Waals surface area contributed by atoms with Crippen molar-refractivity contribution in [3.63, 3.8) is 0 Å². The van der Waals surface area contributed by atoms with E-state index in [2.05, 4.69) is 14.9 Å². The summed E-state index contributed by atoms with van der Waals surface area (Å²) < 4.78 is 2.10. The lowest BCUT2D eigenvalue weighted by Gasteiger charge is -2.18. The number of aryl methyl sites for hydroxylation is 1. The van der Waals surface area contributed by atoms with Gasteiger partial charge in [0.2, 0.25) is 5.91 Å². The summed E-state index contributed by atoms with van der Waals surface area (Å²) in [5, 5.41) is 3.29. The zero-order valence-corrected chi connectivity index (χ0v) is 11.6. The summed E-state index contributed by atoms with van der Waals surface area (Å²) >= 11 is 0. The molecule has 5 nitrogen and oxygen atoms in total. The Bertz CT molecular complexity index is 358. The molecule has 0 fully saturated rings. The fraction of sp³-hybridized carbons (Fsp3) is 0.692. The van der Waals surface area contributed by atoms with Gasteiger partial charge in [-0.05, 0) is 20.8 Å². The molecular weight excluding hydrogens is 228 g/mol. The number of hydrogen-bond donors (Lipinski definition) is 1. The highest BCUT2D eigenvalue weighted by Gasteiger charge is 2.07. The SMILES string of the molecule is CCN(CC)C(=O)CCNCCn1ccnc1C. The van der Waals surface area contributed by atoms with Gasteiger partial charge in [0.25, 0.3) is 0 Å². The molecule has 0 saturated carbocycles. The molecule has 0 bridgehead atoms. The van der Waals surface area contributed by atoms with E-state index in [0.29, 0.717) is 6.42 Å². The molecule has 1 aromatic heterocycles. The van der Waals surface area contributed by atoms with Gasteiger partial charge in [-0.2, -0.15) is 0 Å². The molecule has 0 unspecified atom stereocenters. The van der Waals surface area contributed by atoms with E-state index in [9.17, 15) is 4.79 Å². The van der Waals surface area contributed by atoms with Gasteiger partial charge >= 0.3 is 0 Å². The first-order valence-corrected chi connectivity index (χ1v) is 6.65. The highest BCUT2D eigenvalue weighted by atomic mass is 16.2. The van der Waals surface area contributed by atoms with Crippen LogP contribution >= 0.6 is 0 Å². The quantitative estimate of drug-likeness (QED) is 0.703. The van der Waals surface area contributed by atoms with Crippen LogP contribution in [0.25, 0.3) is 0 Å². The highest BCUT2D eigenvalue weighted by molar-refractivity contribution is 5.76. The third-order valence-electron chi connectivity index (χ3n) is 3.08. The van der Waals surface area contributed by atoms with Crippen LogP contribution in [0.15, 0.2) is 12.4 Å². The average Bonchev–Trinajstić information content (AvgIpc) is 2.76. The summed E-state index contributed by atoms with van der Waals surface area (Å²) in [4.78, 5) is 17.7. The van der Waals surface area contributed by atoms with Crippen molar-refractivity contribution in [3.05, 3.63) is 18.2 Å². The van der Waals surface area contributed by atoms with Gasteiger partial charge in [-0.15, -0.1) is 0 Å². The maximum atomic E-state index is 11.7. The molecule has 0 aliphatic carbocycles. The van der Waals surface area contributed by atoms with Gasteiger partial charge in [0.15, 0.2) is 0 Å². The maximum Gasteiger partial charge on any atom is 0.223 e. The summed E-state index contributed by atoms with van der Waals surface area (Å²) in [5.41, 5.74) is 0. The Labute approximate surface area is 109 Å². The second-order valence-electron chi connectivity index (χ2n) is 4.23. The molecule has 0 aliphatic heterocycles. The van der Waals surface area contributed by atoms with Crippen LogP contribution in [0.5, 0.6) is 0 Å². The van der Waals surface area contributed by atoms with E-state index in [1.807, 2.05) is 31.9 Å². The van der Waals surface area contributed by atoms with Crippen molar-refractivity contribution in [1.82, 2.24) is 19.8 Å². The number of imidazole rings is 1. The molecule has 0 radical (unpaired) electrons. The van der Waals surface area contributed by atoms with Crippen LogP contribution in [0, 0.1) is 6.92 Å². The Morgan fingerprint density at radius 2 is 2.11 bits per heavy atom. The largest absolute Gasteiger partial charge is 0.343 e. The van der Waals surface area contributed by atoms with E-state index in [-0.39, 0.29) is 5.91 Å². The number of carbonyl (C=O) groups excluding carboxylic acids is 1. The molecule has 0 spiro atoms. The minimum Gasteiger partial charge on any atom is -0.343 e. The predicted molar refractivity (Wildman–Crippen MR) is 72.4 cm³/mol. The molecule has 1 N–H and O–H groups in total. The lowest BCUT2D eigenvalue weighted by atomic mass is 10.3. The third-order valence-corrected chi connectivity index (χ3v) is 3.08. The Kier molecular flexibility index (Phi) is 6.43. The van der Waals surface area contributed by atoms with Crippen molar-refractivity contribution < 1.29 is 4.79 Å². The van der Waals surface area contributed by atoms with Gasteiger partial charge in [-0.25, -0.2) is 4.98 Å². The van der Waals surface area contributed by atoms with Crippen LogP contribution in [0.1, 0.15) is 26.1 Å². The molecular formula is C13H24N4O. The second-order valence-corrected chi connectivity index (χ2v) is 4.23. The van der Waals surface area contributed by atoms with E-state index < -0.39 is 0 Å². The van der Waals surface area contributed by atoms with Crippen molar-refractivity contribution in [3.8, 4) is 0 Å². The molecule has 1 amide bonds. The Morgan fingerprint density at radius 3 is 2.67 bits per heavy atom. The number of nitrogens with one attached hydrogen (secondary N) is 1. The number of carbonyl (C=O) groups is 1.